The number of pyridine rings is 1. The third-order valence-electron chi connectivity index (χ3n) is 4.02. The molecule has 1 heterocycles. The number of rotatable bonds is 6. The Labute approximate surface area is 161 Å². The van der Waals surface area contributed by atoms with Gasteiger partial charge in [-0.25, -0.2) is 4.98 Å². The maximum Gasteiger partial charge on any atom is 0.270 e. The number of benzene rings is 2. The van der Waals surface area contributed by atoms with Gasteiger partial charge in [-0.1, -0.05) is 48.0 Å². The van der Waals surface area contributed by atoms with Crippen LogP contribution in [0.15, 0.2) is 60.7 Å². The third kappa shape index (κ3) is 4.81. The molecule has 2 aromatic carbocycles. The fraction of sp³-hybridized carbons (Fsp3) is 0.150. The summed E-state index contributed by atoms with van der Waals surface area (Å²) in [4.78, 5) is 28.9. The average Bonchev–Trinajstić information content (AvgIpc) is 2.70. The number of para-hydroxylation sites is 1. The van der Waals surface area contributed by atoms with E-state index >= 15 is 0 Å². The van der Waals surface area contributed by atoms with Gasteiger partial charge in [-0.15, -0.1) is 0 Å². The number of carbonyl (C=O) groups is 2. The molecular weight excluding hydrogens is 366 g/mol. The minimum Gasteiger partial charge on any atom is -0.394 e. The van der Waals surface area contributed by atoms with Gasteiger partial charge in [0.25, 0.3) is 5.91 Å². The molecule has 0 radical (unpaired) electrons. The number of hydrogen-bond donors (Lipinski definition) is 3. The van der Waals surface area contributed by atoms with Crippen LogP contribution in [0.4, 0.5) is 0 Å². The van der Waals surface area contributed by atoms with Crippen LogP contribution in [0.5, 0.6) is 0 Å². The maximum atomic E-state index is 12.4. The van der Waals surface area contributed by atoms with Gasteiger partial charge in [0.2, 0.25) is 5.91 Å². The quantitative estimate of drug-likeness (QED) is 0.609. The van der Waals surface area contributed by atoms with Crippen molar-refractivity contribution in [2.24, 2.45) is 0 Å². The van der Waals surface area contributed by atoms with Gasteiger partial charge in [0, 0.05) is 17.0 Å². The normalized spacial score (nSPS) is 11.8. The van der Waals surface area contributed by atoms with Crippen molar-refractivity contribution in [1.82, 2.24) is 15.6 Å². The lowest BCUT2D eigenvalue weighted by Gasteiger charge is -2.16. The first-order valence-electron chi connectivity index (χ1n) is 8.36. The van der Waals surface area contributed by atoms with Crippen LogP contribution in [0.25, 0.3) is 10.9 Å². The van der Waals surface area contributed by atoms with Gasteiger partial charge < -0.3 is 15.7 Å². The van der Waals surface area contributed by atoms with E-state index in [1.807, 2.05) is 18.2 Å². The van der Waals surface area contributed by atoms with E-state index in [1.165, 1.54) is 0 Å². The predicted octanol–water partition coefficient (Wildman–Crippen LogP) is 2.30. The Bertz CT molecular complexity index is 960. The zero-order chi connectivity index (χ0) is 19.2. The molecule has 6 nitrogen and oxygen atoms in total. The summed E-state index contributed by atoms with van der Waals surface area (Å²) in [5.74, 6) is -1.01. The SMILES string of the molecule is O=C(N[C@@H](CO)C(=O)NCc1ccc(Cl)cc1)c1ccc2ccccc2n1. The minimum atomic E-state index is -1.07. The van der Waals surface area contributed by atoms with E-state index in [0.29, 0.717) is 10.5 Å². The van der Waals surface area contributed by atoms with Crippen molar-refractivity contribution in [3.05, 3.63) is 76.9 Å². The van der Waals surface area contributed by atoms with E-state index in [2.05, 4.69) is 15.6 Å². The molecule has 0 bridgehead atoms. The molecule has 0 fully saturated rings. The first-order chi connectivity index (χ1) is 13.1. The summed E-state index contributed by atoms with van der Waals surface area (Å²) in [6.45, 7) is -0.262. The second-order valence-corrected chi connectivity index (χ2v) is 6.38. The number of nitrogens with zero attached hydrogens (tertiary/aromatic N) is 1. The van der Waals surface area contributed by atoms with Crippen molar-refractivity contribution < 1.29 is 14.7 Å². The largest absolute Gasteiger partial charge is 0.394 e. The van der Waals surface area contributed by atoms with Crippen molar-refractivity contribution in [1.29, 1.82) is 0 Å². The van der Waals surface area contributed by atoms with Crippen LogP contribution < -0.4 is 10.6 Å². The predicted molar refractivity (Wildman–Crippen MR) is 103 cm³/mol. The molecule has 3 N–H and O–H groups in total. The molecule has 138 valence electrons. The zero-order valence-electron chi connectivity index (χ0n) is 14.4. The minimum absolute atomic E-state index is 0.178. The van der Waals surface area contributed by atoms with Crippen molar-refractivity contribution in [3.63, 3.8) is 0 Å². The zero-order valence-corrected chi connectivity index (χ0v) is 15.1. The number of hydrogen-bond acceptors (Lipinski definition) is 4. The molecule has 27 heavy (non-hydrogen) atoms. The van der Waals surface area contributed by atoms with Crippen molar-refractivity contribution in [2.75, 3.05) is 6.61 Å². The molecule has 0 aliphatic heterocycles. The van der Waals surface area contributed by atoms with Crippen LogP contribution in [0.2, 0.25) is 5.02 Å². The summed E-state index contributed by atoms with van der Waals surface area (Å²) in [6, 6.07) is 16.7. The summed E-state index contributed by atoms with van der Waals surface area (Å²) in [6.07, 6.45) is 0. The first-order valence-corrected chi connectivity index (χ1v) is 8.74. The van der Waals surface area contributed by atoms with E-state index in [0.717, 1.165) is 10.9 Å². The molecule has 2 amide bonds. The lowest BCUT2D eigenvalue weighted by molar-refractivity contribution is -0.124. The van der Waals surface area contributed by atoms with Crippen molar-refractivity contribution >= 4 is 34.3 Å². The van der Waals surface area contributed by atoms with E-state index < -0.39 is 24.5 Å². The number of aromatic nitrogens is 1. The van der Waals surface area contributed by atoms with Crippen LogP contribution in [-0.2, 0) is 11.3 Å². The van der Waals surface area contributed by atoms with Crippen molar-refractivity contribution in [3.8, 4) is 0 Å². The average molecular weight is 384 g/mol. The fourth-order valence-electron chi connectivity index (χ4n) is 2.53. The summed E-state index contributed by atoms with van der Waals surface area (Å²) < 4.78 is 0. The van der Waals surface area contributed by atoms with Crippen LogP contribution in [-0.4, -0.2) is 34.6 Å². The number of carbonyl (C=O) groups excluding carboxylic acids is 2. The molecule has 0 aliphatic rings. The maximum absolute atomic E-state index is 12.4. The Kier molecular flexibility index (Phi) is 6.01. The first kappa shape index (κ1) is 18.8. The van der Waals surface area contributed by atoms with Crippen LogP contribution >= 0.6 is 11.6 Å². The van der Waals surface area contributed by atoms with Crippen LogP contribution in [0.1, 0.15) is 16.1 Å². The number of nitrogens with one attached hydrogen (secondary N) is 2. The summed E-state index contributed by atoms with van der Waals surface area (Å²) in [5, 5.41) is 16.2. The monoisotopic (exact) mass is 383 g/mol. The molecule has 1 aromatic heterocycles. The summed E-state index contributed by atoms with van der Waals surface area (Å²) >= 11 is 5.83. The number of amides is 2. The Balaban J connectivity index is 1.63. The van der Waals surface area contributed by atoms with Gasteiger partial charge in [-0.3, -0.25) is 9.59 Å². The van der Waals surface area contributed by atoms with E-state index in [1.54, 1.807) is 42.5 Å². The lowest BCUT2D eigenvalue weighted by atomic mass is 10.2. The molecule has 3 aromatic rings. The van der Waals surface area contributed by atoms with Crippen LogP contribution in [0.3, 0.4) is 0 Å². The molecule has 7 heteroatoms. The highest BCUT2D eigenvalue weighted by Crippen LogP contribution is 2.12. The summed E-state index contributed by atoms with van der Waals surface area (Å²) in [7, 11) is 0. The highest BCUT2D eigenvalue weighted by molar-refractivity contribution is 6.30. The topological polar surface area (TPSA) is 91.3 Å². The number of aliphatic hydroxyl groups is 1. The van der Waals surface area contributed by atoms with Gasteiger partial charge in [0.05, 0.1) is 12.1 Å². The smallest absolute Gasteiger partial charge is 0.270 e. The molecule has 0 saturated carbocycles. The highest BCUT2D eigenvalue weighted by Gasteiger charge is 2.21. The Morgan fingerprint density at radius 2 is 1.78 bits per heavy atom. The second-order valence-electron chi connectivity index (χ2n) is 5.94. The van der Waals surface area contributed by atoms with E-state index in [9.17, 15) is 14.7 Å². The van der Waals surface area contributed by atoms with Gasteiger partial charge >= 0.3 is 0 Å². The molecule has 0 aliphatic carbocycles. The van der Waals surface area contributed by atoms with E-state index in [4.69, 9.17) is 11.6 Å². The molecule has 3 rings (SSSR count). The third-order valence-corrected chi connectivity index (χ3v) is 4.27. The van der Waals surface area contributed by atoms with Gasteiger partial charge in [-0.2, -0.15) is 0 Å². The Hall–Kier alpha value is -2.96. The van der Waals surface area contributed by atoms with Gasteiger partial charge in [-0.05, 0) is 29.8 Å². The number of halogens is 1. The highest BCUT2D eigenvalue weighted by atomic mass is 35.5. The molecular formula is C20H18ClN3O3. The Morgan fingerprint density at radius 3 is 2.52 bits per heavy atom. The lowest BCUT2D eigenvalue weighted by Crippen LogP contribution is -2.48. The number of aliphatic hydroxyl groups excluding tert-OH is 1. The molecule has 0 spiro atoms. The second kappa shape index (κ2) is 8.62. The molecule has 0 saturated heterocycles. The number of fused-ring (bicyclic) bond motifs is 1. The van der Waals surface area contributed by atoms with Gasteiger partial charge in [0.15, 0.2) is 0 Å². The molecule has 0 unspecified atom stereocenters. The van der Waals surface area contributed by atoms with E-state index in [-0.39, 0.29) is 12.2 Å². The van der Waals surface area contributed by atoms with Crippen molar-refractivity contribution in [2.45, 2.75) is 12.6 Å². The molecule has 1 atom stereocenters. The standard InChI is InChI=1S/C20H18ClN3O3/c21-15-8-5-13(6-9-15)11-22-19(26)18(12-25)24-20(27)17-10-7-14-3-1-2-4-16(14)23-17/h1-10,18,25H,11-12H2,(H,22,26)(H,24,27)/t18-/m0/s1. The van der Waals surface area contributed by atoms with Gasteiger partial charge in [0.1, 0.15) is 11.7 Å². The van der Waals surface area contributed by atoms with Crippen LogP contribution in [0, 0.1) is 0 Å². The summed E-state index contributed by atoms with van der Waals surface area (Å²) in [5.41, 5.74) is 1.71. The fourth-order valence-corrected chi connectivity index (χ4v) is 2.66. The Morgan fingerprint density at radius 1 is 1.04 bits per heavy atom.